The molecule has 16 rings (SSSR count). The molecule has 0 aliphatic carbocycles. The third-order valence-corrected chi connectivity index (χ3v) is 15.7. The smallest absolute Gasteiger partial charge is 0.145 e. The van der Waals surface area contributed by atoms with Crippen molar-refractivity contribution in [3.8, 4) is 45.8 Å². The van der Waals surface area contributed by atoms with Crippen LogP contribution in [0.2, 0.25) is 0 Å². The first-order chi connectivity index (χ1) is 38.0. The van der Waals surface area contributed by atoms with Crippen LogP contribution < -0.4 is 0 Å². The average Bonchev–Trinajstić information content (AvgIpc) is 4.51. The second-order valence-electron chi connectivity index (χ2n) is 19.7. The van der Waals surface area contributed by atoms with E-state index < -0.39 is 0 Å². The lowest BCUT2D eigenvalue weighted by molar-refractivity contribution is 0.606. The molecule has 0 amide bonds. The van der Waals surface area contributed by atoms with Crippen molar-refractivity contribution in [2.24, 2.45) is 0 Å². The largest absolute Gasteiger partial charge is 0.456 e. The Morgan fingerprint density at radius 1 is 0.403 bits per heavy atom. The van der Waals surface area contributed by atoms with E-state index in [1.807, 2.05) is 104 Å². The number of fused-ring (bicyclic) bond motifs is 18. The first kappa shape index (κ1) is 42.7. The van der Waals surface area contributed by atoms with Crippen LogP contribution in [-0.2, 0) is 0 Å². The van der Waals surface area contributed by atoms with Gasteiger partial charge in [-0.3, -0.25) is 0 Å². The lowest BCUT2D eigenvalue weighted by Crippen LogP contribution is -2.04. The Kier molecular flexibility index (Phi) is 8.79. The number of aromatic nitrogens is 2. The van der Waals surface area contributed by atoms with Crippen LogP contribution in [0.1, 0.15) is 29.4 Å². The van der Waals surface area contributed by atoms with Gasteiger partial charge < -0.3 is 26.8 Å². The van der Waals surface area contributed by atoms with Gasteiger partial charge >= 0.3 is 0 Å². The first-order valence-corrected chi connectivity index (χ1v) is 25.5. The second-order valence-corrected chi connectivity index (χ2v) is 19.7. The molecule has 0 aliphatic rings. The van der Waals surface area contributed by atoms with E-state index in [0.717, 1.165) is 143 Å². The summed E-state index contributed by atoms with van der Waals surface area (Å²) in [7, 11) is 0. The van der Waals surface area contributed by atoms with E-state index in [-0.39, 0.29) is 0 Å². The molecule has 77 heavy (non-hydrogen) atoms. The molecule has 358 valence electrons. The molecule has 0 unspecified atom stereocenters. The molecule has 0 N–H and O–H groups in total. The van der Waals surface area contributed by atoms with E-state index in [4.69, 9.17) is 17.7 Å². The Morgan fingerprint density at radius 2 is 0.818 bits per heavy atom. The number of para-hydroxylation sites is 3. The summed E-state index contributed by atoms with van der Waals surface area (Å²) in [6.07, 6.45) is 5.76. The Morgan fingerprint density at radius 3 is 1.31 bits per heavy atom. The molecule has 6 aromatic heterocycles. The SMILES string of the molecule is C=Cc1c(/C=C\C)oc2c1ccc1c2c2cc(-c3ccc4oc5ccccc5c4c3)ccc2n1-c1cc(C#N)c(-n2c3ccc(-c4ccc5oc6ccccc6c5c4)cc3c3c4oc5ccccc5c4ccc32)cc1C#N. The van der Waals surface area contributed by atoms with Crippen LogP contribution >= 0.6 is 0 Å². The normalized spacial score (nSPS) is 12.2. The third-order valence-electron chi connectivity index (χ3n) is 15.7. The van der Waals surface area contributed by atoms with Gasteiger partial charge in [-0.15, -0.1) is 0 Å². The summed E-state index contributed by atoms with van der Waals surface area (Å²) in [4.78, 5) is 0. The molecule has 10 aromatic carbocycles. The van der Waals surface area contributed by atoms with Crippen molar-refractivity contribution in [3.63, 3.8) is 0 Å². The van der Waals surface area contributed by atoms with E-state index in [9.17, 15) is 10.5 Å². The maximum Gasteiger partial charge on any atom is 0.145 e. The zero-order chi connectivity index (χ0) is 51.2. The van der Waals surface area contributed by atoms with Crippen LogP contribution in [0.15, 0.2) is 212 Å². The number of nitriles is 2. The van der Waals surface area contributed by atoms with E-state index in [2.05, 4.69) is 131 Å². The molecule has 0 bridgehead atoms. The van der Waals surface area contributed by atoms with Gasteiger partial charge in [-0.1, -0.05) is 97.6 Å². The fourth-order valence-electron chi connectivity index (χ4n) is 12.3. The van der Waals surface area contributed by atoms with Crippen LogP contribution in [0.25, 0.3) is 166 Å². The maximum absolute atomic E-state index is 11.4. The number of allylic oxidation sites excluding steroid dienone is 1. The zero-order valence-corrected chi connectivity index (χ0v) is 41.2. The summed E-state index contributed by atoms with van der Waals surface area (Å²) in [6.45, 7) is 6.14. The summed E-state index contributed by atoms with van der Waals surface area (Å²) < 4.78 is 30.2. The van der Waals surface area contributed by atoms with Gasteiger partial charge in [0.1, 0.15) is 57.0 Å². The van der Waals surface area contributed by atoms with Crippen LogP contribution in [-0.4, -0.2) is 9.13 Å². The monoisotopic (exact) mass is 986 g/mol. The fourth-order valence-corrected chi connectivity index (χ4v) is 12.3. The highest BCUT2D eigenvalue weighted by Gasteiger charge is 2.26. The number of furan rings is 4. The molecule has 8 heteroatoms. The maximum atomic E-state index is 11.4. The summed E-state index contributed by atoms with van der Waals surface area (Å²) in [5.41, 5.74) is 15.9. The summed E-state index contributed by atoms with van der Waals surface area (Å²) in [6, 6.07) is 67.1. The van der Waals surface area contributed by atoms with Gasteiger partial charge in [0.2, 0.25) is 0 Å². The van der Waals surface area contributed by atoms with Crippen LogP contribution in [0.4, 0.5) is 0 Å². The Balaban J connectivity index is 0.939. The van der Waals surface area contributed by atoms with E-state index in [0.29, 0.717) is 33.8 Å². The summed E-state index contributed by atoms with van der Waals surface area (Å²) in [5.74, 6) is 0.707. The van der Waals surface area contributed by atoms with Crippen LogP contribution in [0.5, 0.6) is 0 Å². The molecule has 0 saturated heterocycles. The van der Waals surface area contributed by atoms with Gasteiger partial charge in [0.05, 0.1) is 55.3 Å². The Labute approximate surface area is 437 Å². The average molecular weight is 987 g/mol. The van der Waals surface area contributed by atoms with Crippen molar-refractivity contribution in [2.75, 3.05) is 0 Å². The van der Waals surface area contributed by atoms with E-state index in [1.54, 1.807) is 0 Å². The van der Waals surface area contributed by atoms with Crippen LogP contribution in [0, 0.1) is 22.7 Å². The molecular weight excluding hydrogens is 949 g/mol. The molecule has 8 nitrogen and oxygen atoms in total. The van der Waals surface area contributed by atoms with Gasteiger partial charge in [0.25, 0.3) is 0 Å². The van der Waals surface area contributed by atoms with Gasteiger partial charge in [-0.05, 0) is 138 Å². The highest BCUT2D eigenvalue weighted by atomic mass is 16.3. The van der Waals surface area contributed by atoms with Gasteiger partial charge in [-0.2, -0.15) is 10.5 Å². The molecule has 0 atom stereocenters. The highest BCUT2D eigenvalue weighted by molar-refractivity contribution is 6.25. The summed E-state index contributed by atoms with van der Waals surface area (Å²) >= 11 is 0. The van der Waals surface area contributed by atoms with Gasteiger partial charge in [-0.25, -0.2) is 0 Å². The molecule has 0 saturated carbocycles. The van der Waals surface area contributed by atoms with Crippen molar-refractivity contribution < 1.29 is 17.7 Å². The summed E-state index contributed by atoms with van der Waals surface area (Å²) in [5, 5.41) is 33.6. The van der Waals surface area contributed by atoms with Crippen molar-refractivity contribution >= 4 is 133 Å². The van der Waals surface area contributed by atoms with E-state index >= 15 is 0 Å². The molecule has 0 fully saturated rings. The quantitative estimate of drug-likeness (QED) is 0.164. The molecule has 0 radical (unpaired) electrons. The molecule has 6 heterocycles. The minimum atomic E-state index is 0.386. The predicted octanol–water partition coefficient (Wildman–Crippen LogP) is 19.1. The highest BCUT2D eigenvalue weighted by Crippen LogP contribution is 2.46. The van der Waals surface area contributed by atoms with Crippen LogP contribution in [0.3, 0.4) is 0 Å². The standard InChI is InChI=1S/C69H38N4O4/c1-3-11-60-44(4-2)48-22-26-56-66(68(48)76-60)52-32-38(40-20-28-64-50(30-40)46-13-6-8-15-61(46)74-64)18-24-54(52)72(56)58-34-43(37-71)59(35-42(58)36-70)73-55-25-19-39(41-21-29-65-51(31-41)47-14-7-9-16-62(47)75-65)33-53(55)67-57(73)27-23-49-45-12-5-10-17-63(45)77-69(49)67/h3-35H,2H2,1H3/b11-3-. The Bertz CT molecular complexity index is 5420. The zero-order valence-electron chi connectivity index (χ0n) is 41.2. The molecule has 0 aliphatic heterocycles. The van der Waals surface area contributed by atoms with Crippen molar-refractivity contribution in [2.45, 2.75) is 6.92 Å². The molecule has 0 spiro atoms. The van der Waals surface area contributed by atoms with Gasteiger partial charge in [0.15, 0.2) is 0 Å². The van der Waals surface area contributed by atoms with Crippen molar-refractivity contribution in [1.29, 1.82) is 10.5 Å². The van der Waals surface area contributed by atoms with Crippen molar-refractivity contribution in [1.82, 2.24) is 9.13 Å². The lowest BCUT2D eigenvalue weighted by atomic mass is 10.00. The number of rotatable bonds is 6. The third kappa shape index (κ3) is 5.95. The second kappa shape index (κ2) is 15.9. The number of hydrogen-bond donors (Lipinski definition) is 0. The first-order valence-electron chi connectivity index (χ1n) is 25.5. The predicted molar refractivity (Wildman–Crippen MR) is 312 cm³/mol. The molecule has 16 aromatic rings. The number of benzene rings is 10. The Hall–Kier alpha value is -10.8. The lowest BCUT2D eigenvalue weighted by Gasteiger charge is -2.16. The van der Waals surface area contributed by atoms with E-state index in [1.165, 1.54) is 0 Å². The van der Waals surface area contributed by atoms with Crippen molar-refractivity contribution in [3.05, 3.63) is 217 Å². The minimum absolute atomic E-state index is 0.386. The molecular formula is C69H38N4O4. The fraction of sp³-hybridized carbons (Fsp3) is 0.0145. The van der Waals surface area contributed by atoms with Gasteiger partial charge in [0, 0.05) is 54.0 Å². The minimum Gasteiger partial charge on any atom is -0.456 e. The number of hydrogen-bond acceptors (Lipinski definition) is 6. The topological polar surface area (TPSA) is 110 Å². The number of nitrogens with zero attached hydrogens (tertiary/aromatic N) is 4.